The van der Waals surface area contributed by atoms with E-state index in [-0.39, 0.29) is 34.0 Å². The highest BCUT2D eigenvalue weighted by molar-refractivity contribution is 7.92. The number of hydrogen-bond acceptors (Lipinski definition) is 6. The number of sulfone groups is 1. The Morgan fingerprint density at radius 2 is 1.71 bits per heavy atom. The number of rotatable bonds is 6. The smallest absolute Gasteiger partial charge is 0.255 e. The molecule has 0 aromatic heterocycles. The Hall–Kier alpha value is -2.40. The van der Waals surface area contributed by atoms with E-state index < -0.39 is 62.0 Å². The molecule has 0 radical (unpaired) electrons. The van der Waals surface area contributed by atoms with Gasteiger partial charge in [0, 0.05) is 17.3 Å². The molecule has 0 unspecified atom stereocenters. The van der Waals surface area contributed by atoms with Crippen LogP contribution < -0.4 is 5.32 Å². The van der Waals surface area contributed by atoms with Crippen LogP contribution in [-0.4, -0.2) is 47.3 Å². The molecule has 35 heavy (non-hydrogen) atoms. The van der Waals surface area contributed by atoms with E-state index in [0.717, 1.165) is 24.3 Å². The van der Waals surface area contributed by atoms with Gasteiger partial charge in [-0.25, -0.2) is 17.2 Å². The van der Waals surface area contributed by atoms with Crippen LogP contribution in [0.4, 0.5) is 14.5 Å². The van der Waals surface area contributed by atoms with Gasteiger partial charge in [0.1, 0.15) is 11.7 Å². The molecule has 11 heteroatoms. The second-order valence-corrected chi connectivity index (χ2v) is 11.8. The van der Waals surface area contributed by atoms with Crippen LogP contribution in [-0.2, 0) is 14.6 Å². The quantitative estimate of drug-likeness (QED) is 0.528. The minimum absolute atomic E-state index is 0.00933. The highest BCUT2D eigenvalue weighted by Crippen LogP contribution is 2.52. The molecule has 1 amide bonds. The molecule has 2 aliphatic carbocycles. The molecule has 2 bridgehead atoms. The number of aliphatic hydroxyl groups is 2. The Kier molecular flexibility index (Phi) is 6.78. The van der Waals surface area contributed by atoms with Crippen LogP contribution in [0.25, 0.3) is 0 Å². The summed E-state index contributed by atoms with van der Waals surface area (Å²) in [6.07, 6.45) is -0.438. The maximum atomic E-state index is 13.5. The van der Waals surface area contributed by atoms with Gasteiger partial charge >= 0.3 is 0 Å². The van der Waals surface area contributed by atoms with Crippen molar-refractivity contribution in [2.24, 2.45) is 11.8 Å². The van der Waals surface area contributed by atoms with E-state index in [1.807, 2.05) is 0 Å². The van der Waals surface area contributed by atoms with Gasteiger partial charge in [-0.05, 0) is 74.8 Å². The van der Waals surface area contributed by atoms with Crippen molar-refractivity contribution in [3.8, 4) is 0 Å². The van der Waals surface area contributed by atoms with E-state index in [1.54, 1.807) is 0 Å². The number of carbonyl (C=O) groups excluding carboxylic acids is 2. The van der Waals surface area contributed by atoms with Crippen LogP contribution in [0, 0.1) is 23.5 Å². The molecule has 2 aromatic carbocycles. The first-order valence-corrected chi connectivity index (χ1v) is 13.0. The minimum atomic E-state index is -4.06. The zero-order valence-electron chi connectivity index (χ0n) is 18.7. The molecular weight excluding hydrogens is 504 g/mol. The lowest BCUT2D eigenvalue weighted by molar-refractivity contribution is -0.157. The number of Topliss-reactive ketones (excluding diaryl/α,β-unsaturated/α-hetero) is 1. The van der Waals surface area contributed by atoms with Crippen molar-refractivity contribution >= 4 is 38.8 Å². The Balaban J connectivity index is 1.59. The zero-order chi connectivity index (χ0) is 25.7. The van der Waals surface area contributed by atoms with Crippen LogP contribution in [0.2, 0.25) is 5.02 Å². The van der Waals surface area contributed by atoms with Crippen molar-refractivity contribution in [3.05, 3.63) is 58.6 Å². The first-order chi connectivity index (χ1) is 16.4. The molecule has 2 fully saturated rings. The Labute approximate surface area is 206 Å². The largest absolute Gasteiger partial charge is 0.385 e. The molecule has 5 atom stereocenters. The number of fused-ring (bicyclic) bond motifs is 2. The first kappa shape index (κ1) is 25.7. The van der Waals surface area contributed by atoms with Gasteiger partial charge in [0.25, 0.3) is 5.91 Å². The fourth-order valence-electron chi connectivity index (χ4n) is 5.31. The van der Waals surface area contributed by atoms with Crippen molar-refractivity contribution in [2.45, 2.75) is 54.5 Å². The third-order valence-corrected chi connectivity index (χ3v) is 9.75. The Morgan fingerprint density at radius 1 is 1.09 bits per heavy atom. The van der Waals surface area contributed by atoms with Gasteiger partial charge in [0.05, 0.1) is 15.2 Å². The second kappa shape index (κ2) is 9.24. The number of amides is 1. The van der Waals surface area contributed by atoms with Gasteiger partial charge in [0.2, 0.25) is 0 Å². The Bertz CT molecular complexity index is 1280. The molecule has 3 N–H and O–H groups in total. The van der Waals surface area contributed by atoms with Crippen molar-refractivity contribution < 1.29 is 37.0 Å². The number of benzene rings is 2. The molecule has 2 aromatic rings. The minimum Gasteiger partial charge on any atom is -0.385 e. The summed E-state index contributed by atoms with van der Waals surface area (Å²) in [5.41, 5.74) is -1.84. The molecule has 0 saturated heterocycles. The molecule has 0 aliphatic heterocycles. The predicted molar refractivity (Wildman–Crippen MR) is 124 cm³/mol. The van der Waals surface area contributed by atoms with Gasteiger partial charge in [-0.2, -0.15) is 0 Å². The van der Waals surface area contributed by atoms with Crippen molar-refractivity contribution in [2.75, 3.05) is 5.32 Å². The number of carbonyl (C=O) groups is 2. The number of ketones is 1. The summed E-state index contributed by atoms with van der Waals surface area (Å²) in [5.74, 6) is -4.92. The van der Waals surface area contributed by atoms with Crippen molar-refractivity contribution in [3.63, 3.8) is 0 Å². The zero-order valence-corrected chi connectivity index (χ0v) is 20.2. The van der Waals surface area contributed by atoms with Crippen LogP contribution in [0.5, 0.6) is 0 Å². The van der Waals surface area contributed by atoms with Gasteiger partial charge in [-0.15, -0.1) is 0 Å². The third-order valence-electron chi connectivity index (χ3n) is 7.09. The molecule has 188 valence electrons. The van der Waals surface area contributed by atoms with E-state index in [2.05, 4.69) is 5.32 Å². The molecule has 2 aliphatic rings. The van der Waals surface area contributed by atoms with E-state index in [4.69, 9.17) is 11.6 Å². The lowest BCUT2D eigenvalue weighted by Gasteiger charge is -2.41. The monoisotopic (exact) mass is 527 g/mol. The highest BCUT2D eigenvalue weighted by Gasteiger charge is 2.60. The summed E-state index contributed by atoms with van der Waals surface area (Å²) in [6.45, 7) is 1.28. The maximum absolute atomic E-state index is 13.5. The predicted octanol–water partition coefficient (Wildman–Crippen LogP) is 3.51. The molecule has 4 rings (SSSR count). The number of aliphatic hydroxyl groups excluding tert-OH is 1. The lowest BCUT2D eigenvalue weighted by Crippen LogP contribution is -2.56. The average Bonchev–Trinajstić information content (AvgIpc) is 2.97. The number of hydrogen-bond donors (Lipinski definition) is 3. The standard InChI is InChI=1S/C24H24ClF2NO6S/c1-12(29)22(30)24(32)14-3-4-15(24)10-17(9-14)35(33,34)21-8-13(2-6-18(21)25)23(31)28-16-5-7-19(26)20(27)11-16/h2,5-8,11-12,14-15,17,29,32H,3-4,9-10H2,1H3,(H,28,31)/t12-,14-,15+,17-,24-/m0/s1. The van der Waals surface area contributed by atoms with Gasteiger partial charge < -0.3 is 15.5 Å². The number of halogens is 3. The Morgan fingerprint density at radius 3 is 2.29 bits per heavy atom. The van der Waals surface area contributed by atoms with E-state index in [1.165, 1.54) is 19.1 Å². The SMILES string of the molecule is C[C@H](O)C(=O)[C@@]1(O)[C@@H]2CC[C@H]1C[C@H](S(=O)(=O)c1cc(C(=O)Nc3ccc(F)c(F)c3)ccc1Cl)C2. The summed E-state index contributed by atoms with van der Waals surface area (Å²) in [7, 11) is -4.06. The highest BCUT2D eigenvalue weighted by atomic mass is 35.5. The van der Waals surface area contributed by atoms with Crippen LogP contribution in [0.15, 0.2) is 41.3 Å². The fourth-order valence-corrected chi connectivity index (χ4v) is 7.71. The van der Waals surface area contributed by atoms with Crippen LogP contribution >= 0.6 is 11.6 Å². The number of nitrogens with one attached hydrogen (secondary N) is 1. The second-order valence-electron chi connectivity index (χ2n) is 9.20. The van der Waals surface area contributed by atoms with E-state index in [0.29, 0.717) is 12.8 Å². The summed E-state index contributed by atoms with van der Waals surface area (Å²) < 4.78 is 53.7. The molecule has 2 saturated carbocycles. The molecule has 7 nitrogen and oxygen atoms in total. The normalized spacial score (nSPS) is 26.9. The average molecular weight is 528 g/mol. The van der Waals surface area contributed by atoms with Gasteiger partial charge in [0.15, 0.2) is 27.3 Å². The maximum Gasteiger partial charge on any atom is 0.255 e. The summed E-state index contributed by atoms with van der Waals surface area (Å²) in [6, 6.07) is 6.51. The molecular formula is C24H24ClF2NO6S. The van der Waals surface area contributed by atoms with Gasteiger partial charge in [-0.1, -0.05) is 11.6 Å². The lowest BCUT2D eigenvalue weighted by atomic mass is 9.71. The third kappa shape index (κ3) is 4.48. The molecule has 0 spiro atoms. The van der Waals surface area contributed by atoms with Gasteiger partial charge in [-0.3, -0.25) is 9.59 Å². The van der Waals surface area contributed by atoms with Crippen molar-refractivity contribution in [1.29, 1.82) is 0 Å². The fraction of sp³-hybridized carbons (Fsp3) is 0.417. The summed E-state index contributed by atoms with van der Waals surface area (Å²) >= 11 is 6.20. The number of anilines is 1. The van der Waals surface area contributed by atoms with Crippen molar-refractivity contribution in [1.82, 2.24) is 0 Å². The van der Waals surface area contributed by atoms with Crippen LogP contribution in [0.1, 0.15) is 43.0 Å². The van der Waals surface area contributed by atoms with E-state index in [9.17, 15) is 37.0 Å². The van der Waals surface area contributed by atoms with E-state index >= 15 is 0 Å². The van der Waals surface area contributed by atoms with Crippen LogP contribution in [0.3, 0.4) is 0 Å². The summed E-state index contributed by atoms with van der Waals surface area (Å²) in [4.78, 5) is 24.9. The first-order valence-electron chi connectivity index (χ1n) is 11.1. The topological polar surface area (TPSA) is 121 Å². The molecule has 0 heterocycles. The summed E-state index contributed by atoms with van der Waals surface area (Å²) in [5, 5.41) is 22.2.